The average molecular weight is 458 g/mol. The van der Waals surface area contributed by atoms with Crippen molar-refractivity contribution in [1.82, 2.24) is 4.90 Å². The SMILES string of the molecule is CCOc1ccc(/C=C/C(=O)OCCCN2C(=O)c3ccc(Br)cc3C2=O)cc1. The smallest absolute Gasteiger partial charge is 0.330 e. The van der Waals surface area contributed by atoms with Gasteiger partial charge in [-0.25, -0.2) is 4.79 Å². The molecular formula is C22H20BrNO5. The Hall–Kier alpha value is -2.93. The summed E-state index contributed by atoms with van der Waals surface area (Å²) in [5, 5.41) is 0. The topological polar surface area (TPSA) is 72.9 Å². The minimum atomic E-state index is -0.481. The number of esters is 1. The zero-order valence-electron chi connectivity index (χ0n) is 15.9. The Morgan fingerprint density at radius 2 is 1.79 bits per heavy atom. The fourth-order valence-corrected chi connectivity index (χ4v) is 3.28. The molecule has 0 N–H and O–H groups in total. The van der Waals surface area contributed by atoms with Crippen LogP contribution in [0, 0.1) is 0 Å². The van der Waals surface area contributed by atoms with E-state index in [1.807, 2.05) is 31.2 Å². The summed E-state index contributed by atoms with van der Waals surface area (Å²) < 4.78 is 11.3. The van der Waals surface area contributed by atoms with Crippen LogP contribution >= 0.6 is 15.9 Å². The van der Waals surface area contributed by atoms with Gasteiger partial charge in [-0.1, -0.05) is 28.1 Å². The van der Waals surface area contributed by atoms with Crippen molar-refractivity contribution in [3.8, 4) is 5.75 Å². The number of imide groups is 1. The summed E-state index contributed by atoms with van der Waals surface area (Å²) in [4.78, 5) is 37.7. The Morgan fingerprint density at radius 3 is 2.52 bits per heavy atom. The molecule has 1 aliphatic heterocycles. The van der Waals surface area contributed by atoms with E-state index < -0.39 is 5.97 Å². The van der Waals surface area contributed by atoms with Gasteiger partial charge in [0.2, 0.25) is 0 Å². The maximum atomic E-state index is 12.4. The van der Waals surface area contributed by atoms with Crippen molar-refractivity contribution >= 4 is 39.8 Å². The highest BCUT2D eigenvalue weighted by molar-refractivity contribution is 9.10. The van der Waals surface area contributed by atoms with E-state index in [4.69, 9.17) is 9.47 Å². The van der Waals surface area contributed by atoms with Gasteiger partial charge in [0.15, 0.2) is 0 Å². The molecule has 2 amide bonds. The minimum absolute atomic E-state index is 0.115. The Labute approximate surface area is 177 Å². The molecule has 0 spiro atoms. The number of hydrogen-bond acceptors (Lipinski definition) is 5. The normalized spacial score (nSPS) is 13.1. The molecule has 0 saturated carbocycles. The Balaban J connectivity index is 1.44. The summed E-state index contributed by atoms with van der Waals surface area (Å²) in [5.74, 6) is -0.356. The van der Waals surface area contributed by atoms with E-state index in [1.54, 1.807) is 24.3 Å². The van der Waals surface area contributed by atoms with E-state index >= 15 is 0 Å². The molecule has 0 aromatic heterocycles. The van der Waals surface area contributed by atoms with Gasteiger partial charge >= 0.3 is 5.97 Å². The maximum absolute atomic E-state index is 12.4. The molecule has 0 unspecified atom stereocenters. The van der Waals surface area contributed by atoms with Gasteiger partial charge in [0.1, 0.15) is 5.75 Å². The third-order valence-electron chi connectivity index (χ3n) is 4.31. The molecule has 1 aliphatic rings. The monoisotopic (exact) mass is 457 g/mol. The number of ether oxygens (including phenoxy) is 2. The molecule has 0 bridgehead atoms. The molecule has 0 atom stereocenters. The first-order chi connectivity index (χ1) is 14.0. The highest BCUT2D eigenvalue weighted by Crippen LogP contribution is 2.26. The second kappa shape index (κ2) is 9.52. The number of fused-ring (bicyclic) bond motifs is 1. The number of rotatable bonds is 8. The number of benzene rings is 2. The van der Waals surface area contributed by atoms with Crippen LogP contribution in [-0.2, 0) is 9.53 Å². The highest BCUT2D eigenvalue weighted by atomic mass is 79.9. The molecule has 0 saturated heterocycles. The van der Waals surface area contributed by atoms with E-state index in [0.717, 1.165) is 15.8 Å². The average Bonchev–Trinajstić information content (AvgIpc) is 2.95. The third-order valence-corrected chi connectivity index (χ3v) is 4.80. The van der Waals surface area contributed by atoms with Crippen molar-refractivity contribution in [2.45, 2.75) is 13.3 Å². The molecule has 7 heteroatoms. The second-order valence-electron chi connectivity index (χ2n) is 6.31. The van der Waals surface area contributed by atoms with E-state index in [2.05, 4.69) is 15.9 Å². The van der Waals surface area contributed by atoms with Crippen molar-refractivity contribution in [3.63, 3.8) is 0 Å². The summed E-state index contributed by atoms with van der Waals surface area (Å²) in [5.41, 5.74) is 1.63. The van der Waals surface area contributed by atoms with Gasteiger partial charge in [-0.3, -0.25) is 14.5 Å². The van der Waals surface area contributed by atoms with E-state index in [0.29, 0.717) is 24.2 Å². The molecule has 29 heavy (non-hydrogen) atoms. The first-order valence-corrected chi connectivity index (χ1v) is 10.0. The lowest BCUT2D eigenvalue weighted by Crippen LogP contribution is -2.31. The van der Waals surface area contributed by atoms with Crippen LogP contribution in [-0.4, -0.2) is 42.4 Å². The zero-order chi connectivity index (χ0) is 20.8. The van der Waals surface area contributed by atoms with Crippen LogP contribution < -0.4 is 4.74 Å². The number of hydrogen-bond donors (Lipinski definition) is 0. The first-order valence-electron chi connectivity index (χ1n) is 9.23. The van der Waals surface area contributed by atoms with Crippen LogP contribution in [0.1, 0.15) is 39.6 Å². The van der Waals surface area contributed by atoms with E-state index in [-0.39, 0.29) is 25.0 Å². The lowest BCUT2D eigenvalue weighted by atomic mass is 10.1. The lowest BCUT2D eigenvalue weighted by Gasteiger charge is -2.13. The number of halogens is 1. The standard InChI is InChI=1S/C22H20BrNO5/c1-2-28-17-8-4-15(5-9-17)6-11-20(25)29-13-3-12-24-21(26)18-10-7-16(23)14-19(18)22(24)27/h4-11,14H,2-3,12-13H2,1H3/b11-6+. The van der Waals surface area contributed by atoms with Crippen LogP contribution in [0.25, 0.3) is 6.08 Å². The minimum Gasteiger partial charge on any atom is -0.494 e. The van der Waals surface area contributed by atoms with Gasteiger partial charge in [0.05, 0.1) is 24.3 Å². The fraction of sp³-hybridized carbons (Fsp3) is 0.227. The fourth-order valence-electron chi connectivity index (χ4n) is 2.92. The largest absolute Gasteiger partial charge is 0.494 e. The lowest BCUT2D eigenvalue weighted by molar-refractivity contribution is -0.137. The van der Waals surface area contributed by atoms with Crippen molar-refractivity contribution in [3.05, 3.63) is 69.7 Å². The molecule has 0 fully saturated rings. The number of amides is 2. The molecule has 0 aliphatic carbocycles. The van der Waals surface area contributed by atoms with Crippen LogP contribution in [0.4, 0.5) is 0 Å². The predicted molar refractivity (Wildman–Crippen MR) is 112 cm³/mol. The molecule has 1 heterocycles. The van der Waals surface area contributed by atoms with Gasteiger partial charge in [0.25, 0.3) is 11.8 Å². The van der Waals surface area contributed by atoms with Crippen molar-refractivity contribution in [1.29, 1.82) is 0 Å². The summed E-state index contributed by atoms with van der Waals surface area (Å²) >= 11 is 3.30. The summed E-state index contributed by atoms with van der Waals surface area (Å²) in [6.45, 7) is 2.82. The first kappa shape index (κ1) is 20.8. The molecule has 150 valence electrons. The van der Waals surface area contributed by atoms with Crippen LogP contribution in [0.15, 0.2) is 53.0 Å². The van der Waals surface area contributed by atoms with Crippen molar-refractivity contribution in [2.24, 2.45) is 0 Å². The summed E-state index contributed by atoms with van der Waals surface area (Å²) in [7, 11) is 0. The van der Waals surface area contributed by atoms with E-state index in [9.17, 15) is 14.4 Å². The van der Waals surface area contributed by atoms with Gasteiger partial charge in [-0.05, 0) is 55.3 Å². The number of carbonyl (C=O) groups is 3. The number of nitrogens with zero attached hydrogens (tertiary/aromatic N) is 1. The van der Waals surface area contributed by atoms with Crippen LogP contribution in [0.2, 0.25) is 0 Å². The molecule has 2 aromatic rings. The van der Waals surface area contributed by atoms with Crippen LogP contribution in [0.5, 0.6) is 5.75 Å². The second-order valence-corrected chi connectivity index (χ2v) is 7.22. The molecule has 0 radical (unpaired) electrons. The van der Waals surface area contributed by atoms with Gasteiger partial charge in [0, 0.05) is 17.1 Å². The van der Waals surface area contributed by atoms with Gasteiger partial charge < -0.3 is 9.47 Å². The summed E-state index contributed by atoms with van der Waals surface area (Å²) in [6.07, 6.45) is 3.37. The molecule has 3 rings (SSSR count). The molecule has 2 aromatic carbocycles. The molecule has 6 nitrogen and oxygen atoms in total. The van der Waals surface area contributed by atoms with Crippen molar-refractivity contribution < 1.29 is 23.9 Å². The quantitative estimate of drug-likeness (QED) is 0.258. The zero-order valence-corrected chi connectivity index (χ0v) is 17.5. The Kier molecular flexibility index (Phi) is 6.82. The number of carbonyl (C=O) groups excluding carboxylic acids is 3. The van der Waals surface area contributed by atoms with Crippen LogP contribution in [0.3, 0.4) is 0 Å². The molecular weight excluding hydrogens is 438 g/mol. The van der Waals surface area contributed by atoms with E-state index in [1.165, 1.54) is 11.0 Å². The van der Waals surface area contributed by atoms with Crippen molar-refractivity contribution in [2.75, 3.05) is 19.8 Å². The maximum Gasteiger partial charge on any atom is 0.330 e. The van der Waals surface area contributed by atoms with Gasteiger partial charge in [-0.15, -0.1) is 0 Å². The summed E-state index contributed by atoms with van der Waals surface area (Å²) in [6, 6.07) is 12.3. The predicted octanol–water partition coefficient (Wildman–Crippen LogP) is 4.09. The Bertz CT molecular complexity index is 952. The van der Waals surface area contributed by atoms with Gasteiger partial charge in [-0.2, -0.15) is 0 Å². The third kappa shape index (κ3) is 5.12. The Morgan fingerprint density at radius 1 is 1.07 bits per heavy atom. The highest BCUT2D eigenvalue weighted by Gasteiger charge is 2.35.